The quantitative estimate of drug-likeness (QED) is 0.822. The third kappa shape index (κ3) is 2.65. The lowest BCUT2D eigenvalue weighted by molar-refractivity contribution is 0.0590. The van der Waals surface area contributed by atoms with E-state index in [-0.39, 0.29) is 11.6 Å². The van der Waals surface area contributed by atoms with E-state index in [4.69, 9.17) is 4.74 Å². The average molecular weight is 263 g/mol. The van der Waals surface area contributed by atoms with Gasteiger partial charge in [-0.15, -0.1) is 5.10 Å². The summed E-state index contributed by atoms with van der Waals surface area (Å²) in [4.78, 5) is 11.3. The molecule has 1 aromatic heterocycles. The number of rotatable bonds is 4. The van der Waals surface area contributed by atoms with Crippen molar-refractivity contribution in [1.82, 2.24) is 15.0 Å². The standard InChI is InChI=1S/C12H13N3O4/c1-18-9-5-3-8(4-6-9)7-15-11(16)10(13-14-15)12(17)19-2/h3-6,16H,7H2,1-2H3. The molecule has 0 saturated carbocycles. The SMILES string of the molecule is COC(=O)c1nnn(Cc2ccc(OC)cc2)c1O. The highest BCUT2D eigenvalue weighted by molar-refractivity contribution is 5.89. The van der Waals surface area contributed by atoms with E-state index in [9.17, 15) is 9.90 Å². The predicted molar refractivity (Wildman–Crippen MR) is 65.1 cm³/mol. The number of carbonyl (C=O) groups is 1. The van der Waals surface area contributed by atoms with Crippen LogP contribution in [0, 0.1) is 0 Å². The molecule has 0 aliphatic heterocycles. The van der Waals surface area contributed by atoms with Crippen LogP contribution in [0.2, 0.25) is 0 Å². The summed E-state index contributed by atoms with van der Waals surface area (Å²) in [5, 5.41) is 17.1. The number of carbonyl (C=O) groups excluding carboxylic acids is 1. The van der Waals surface area contributed by atoms with Gasteiger partial charge in [-0.3, -0.25) is 0 Å². The fourth-order valence-electron chi connectivity index (χ4n) is 1.55. The Morgan fingerprint density at radius 3 is 2.58 bits per heavy atom. The van der Waals surface area contributed by atoms with E-state index in [0.717, 1.165) is 11.3 Å². The maximum absolute atomic E-state index is 11.3. The van der Waals surface area contributed by atoms with Crippen molar-refractivity contribution in [2.75, 3.05) is 14.2 Å². The second kappa shape index (κ2) is 5.38. The fourth-order valence-corrected chi connectivity index (χ4v) is 1.55. The number of hydrogen-bond donors (Lipinski definition) is 1. The van der Waals surface area contributed by atoms with Crippen LogP contribution in [-0.2, 0) is 11.3 Å². The molecule has 0 saturated heterocycles. The first-order valence-corrected chi connectivity index (χ1v) is 5.49. The van der Waals surface area contributed by atoms with E-state index in [1.807, 2.05) is 12.1 Å². The molecule has 0 aliphatic carbocycles. The molecule has 0 radical (unpaired) electrons. The Morgan fingerprint density at radius 1 is 1.32 bits per heavy atom. The molecule has 2 aromatic rings. The number of aromatic hydroxyl groups is 1. The number of esters is 1. The van der Waals surface area contributed by atoms with Gasteiger partial charge in [0.1, 0.15) is 5.75 Å². The van der Waals surface area contributed by atoms with Crippen molar-refractivity contribution in [3.05, 3.63) is 35.5 Å². The zero-order valence-corrected chi connectivity index (χ0v) is 10.5. The first-order valence-electron chi connectivity index (χ1n) is 5.49. The minimum absolute atomic E-state index is 0.198. The van der Waals surface area contributed by atoms with E-state index in [1.165, 1.54) is 11.8 Å². The largest absolute Gasteiger partial charge is 0.497 e. The normalized spacial score (nSPS) is 10.2. The molecule has 0 atom stereocenters. The summed E-state index contributed by atoms with van der Waals surface area (Å²) in [5.41, 5.74) is 0.688. The van der Waals surface area contributed by atoms with Crippen LogP contribution in [0.5, 0.6) is 11.6 Å². The zero-order valence-electron chi connectivity index (χ0n) is 10.5. The molecule has 0 fully saturated rings. The third-order valence-corrected chi connectivity index (χ3v) is 2.58. The van der Waals surface area contributed by atoms with Crippen LogP contribution in [-0.4, -0.2) is 40.3 Å². The average Bonchev–Trinajstić information content (AvgIpc) is 2.80. The van der Waals surface area contributed by atoms with Crippen LogP contribution in [0.15, 0.2) is 24.3 Å². The number of benzene rings is 1. The molecule has 7 nitrogen and oxygen atoms in total. The first kappa shape index (κ1) is 12.9. The Balaban J connectivity index is 2.19. The fraction of sp³-hybridized carbons (Fsp3) is 0.250. The molecule has 1 heterocycles. The van der Waals surface area contributed by atoms with Crippen LogP contribution >= 0.6 is 0 Å². The summed E-state index contributed by atoms with van der Waals surface area (Å²) in [5.74, 6) is -0.303. The van der Waals surface area contributed by atoms with Crippen LogP contribution < -0.4 is 4.74 Å². The molecule has 0 unspecified atom stereocenters. The summed E-state index contributed by atoms with van der Waals surface area (Å²) < 4.78 is 10.7. The maximum atomic E-state index is 11.3. The van der Waals surface area contributed by atoms with Crippen molar-refractivity contribution in [1.29, 1.82) is 0 Å². The molecule has 100 valence electrons. The number of nitrogens with zero attached hydrogens (tertiary/aromatic N) is 3. The van der Waals surface area contributed by atoms with E-state index in [0.29, 0.717) is 6.54 Å². The van der Waals surface area contributed by atoms with Crippen molar-refractivity contribution >= 4 is 5.97 Å². The lowest BCUT2D eigenvalue weighted by Crippen LogP contribution is -2.03. The van der Waals surface area contributed by atoms with Gasteiger partial charge in [-0.2, -0.15) is 0 Å². The van der Waals surface area contributed by atoms with Gasteiger partial charge in [-0.05, 0) is 17.7 Å². The van der Waals surface area contributed by atoms with Crippen LogP contribution in [0.4, 0.5) is 0 Å². The van der Waals surface area contributed by atoms with Gasteiger partial charge < -0.3 is 14.6 Å². The predicted octanol–water partition coefficient (Wildman–Crippen LogP) is 0.827. The summed E-state index contributed by atoms with van der Waals surface area (Å²) in [7, 11) is 2.80. The van der Waals surface area contributed by atoms with Gasteiger partial charge in [0.2, 0.25) is 11.6 Å². The molecule has 7 heteroatoms. The second-order valence-corrected chi connectivity index (χ2v) is 3.76. The highest BCUT2D eigenvalue weighted by Gasteiger charge is 2.19. The first-order chi connectivity index (χ1) is 9.15. The Morgan fingerprint density at radius 2 is 2.00 bits per heavy atom. The van der Waals surface area contributed by atoms with Crippen molar-refractivity contribution in [2.45, 2.75) is 6.54 Å². The summed E-state index contributed by atoms with van der Waals surface area (Å²) in [6.45, 7) is 0.291. The Hall–Kier alpha value is -2.57. The van der Waals surface area contributed by atoms with Crippen molar-refractivity contribution < 1.29 is 19.4 Å². The minimum Gasteiger partial charge on any atom is -0.497 e. The maximum Gasteiger partial charge on any atom is 0.364 e. The van der Waals surface area contributed by atoms with Crippen molar-refractivity contribution in [2.24, 2.45) is 0 Å². The molecular weight excluding hydrogens is 250 g/mol. The Labute approximate surface area is 109 Å². The Bertz CT molecular complexity index is 577. The number of hydrogen-bond acceptors (Lipinski definition) is 6. The molecular formula is C12H13N3O4. The highest BCUT2D eigenvalue weighted by Crippen LogP contribution is 2.17. The van der Waals surface area contributed by atoms with Crippen LogP contribution in [0.3, 0.4) is 0 Å². The molecule has 0 bridgehead atoms. The highest BCUT2D eigenvalue weighted by atomic mass is 16.5. The van der Waals surface area contributed by atoms with Crippen molar-refractivity contribution in [3.8, 4) is 11.6 Å². The second-order valence-electron chi connectivity index (χ2n) is 3.76. The molecule has 0 amide bonds. The smallest absolute Gasteiger partial charge is 0.364 e. The number of methoxy groups -OCH3 is 2. The zero-order chi connectivity index (χ0) is 13.8. The monoisotopic (exact) mass is 263 g/mol. The van der Waals surface area contributed by atoms with E-state index < -0.39 is 5.97 Å². The number of ether oxygens (including phenoxy) is 2. The lowest BCUT2D eigenvalue weighted by Gasteiger charge is -2.04. The van der Waals surface area contributed by atoms with Gasteiger partial charge in [-0.25, -0.2) is 9.48 Å². The Kier molecular flexibility index (Phi) is 3.65. The van der Waals surface area contributed by atoms with Crippen LogP contribution in [0.25, 0.3) is 0 Å². The molecule has 19 heavy (non-hydrogen) atoms. The van der Waals surface area contributed by atoms with Gasteiger partial charge in [0.25, 0.3) is 0 Å². The van der Waals surface area contributed by atoms with Gasteiger partial charge in [-0.1, -0.05) is 17.3 Å². The summed E-state index contributed by atoms with van der Waals surface area (Å²) >= 11 is 0. The van der Waals surface area contributed by atoms with E-state index >= 15 is 0 Å². The molecule has 1 N–H and O–H groups in total. The number of aromatic nitrogens is 3. The molecule has 2 rings (SSSR count). The third-order valence-electron chi connectivity index (χ3n) is 2.58. The molecule has 1 aromatic carbocycles. The lowest BCUT2D eigenvalue weighted by atomic mass is 10.2. The molecule has 0 spiro atoms. The van der Waals surface area contributed by atoms with Gasteiger partial charge in [0.15, 0.2) is 0 Å². The van der Waals surface area contributed by atoms with Gasteiger partial charge >= 0.3 is 5.97 Å². The summed E-state index contributed by atoms with van der Waals surface area (Å²) in [6, 6.07) is 7.25. The van der Waals surface area contributed by atoms with E-state index in [2.05, 4.69) is 15.0 Å². The van der Waals surface area contributed by atoms with Crippen molar-refractivity contribution in [3.63, 3.8) is 0 Å². The minimum atomic E-state index is -0.724. The van der Waals surface area contributed by atoms with E-state index in [1.54, 1.807) is 19.2 Å². The van der Waals surface area contributed by atoms with Gasteiger partial charge in [0, 0.05) is 0 Å². The molecule has 0 aliphatic rings. The van der Waals surface area contributed by atoms with Crippen LogP contribution in [0.1, 0.15) is 16.1 Å². The topological polar surface area (TPSA) is 86.5 Å². The summed E-state index contributed by atoms with van der Waals surface area (Å²) in [6.07, 6.45) is 0. The van der Waals surface area contributed by atoms with Gasteiger partial charge in [0.05, 0.1) is 20.8 Å².